The second-order valence-corrected chi connectivity index (χ2v) is 6.00. The molecule has 0 aromatic heterocycles. The van der Waals surface area contributed by atoms with Crippen LogP contribution in [0.5, 0.6) is 5.75 Å². The Morgan fingerprint density at radius 1 is 1.12 bits per heavy atom. The van der Waals surface area contributed by atoms with Gasteiger partial charge in [-0.25, -0.2) is 9.59 Å². The molecule has 0 bridgehead atoms. The van der Waals surface area contributed by atoms with Gasteiger partial charge in [-0.05, 0) is 35.3 Å². The van der Waals surface area contributed by atoms with Crippen LogP contribution in [0, 0.1) is 0 Å². The summed E-state index contributed by atoms with van der Waals surface area (Å²) in [5.74, 6) is -1.43. The molecule has 2 N–H and O–H groups in total. The van der Waals surface area contributed by atoms with E-state index in [0.29, 0.717) is 19.5 Å². The highest BCUT2D eigenvalue weighted by atomic mass is 16.6. The first-order valence-electron chi connectivity index (χ1n) is 8.26. The predicted octanol–water partition coefficient (Wildman–Crippen LogP) is 3.52. The number of carboxylic acids is 1. The van der Waals surface area contributed by atoms with Crippen molar-refractivity contribution in [3.05, 3.63) is 71.3 Å². The molecule has 2 aromatic carbocycles. The highest BCUT2D eigenvalue weighted by Gasteiger charge is 2.20. The number of phenols is 1. The first kappa shape index (κ1) is 17.5. The fraction of sp³-hybridized carbons (Fsp3) is 0.200. The lowest BCUT2D eigenvalue weighted by molar-refractivity contribution is 0.0693. The number of hydrogen-bond acceptors (Lipinski definition) is 4. The molecule has 3 rings (SSSR count). The van der Waals surface area contributed by atoms with Crippen molar-refractivity contribution in [2.24, 2.45) is 0 Å². The van der Waals surface area contributed by atoms with Crippen LogP contribution in [-0.2, 0) is 11.3 Å². The largest absolute Gasteiger partial charge is 0.507 e. The Morgan fingerprint density at radius 3 is 2.50 bits per heavy atom. The van der Waals surface area contributed by atoms with Crippen LogP contribution in [0.15, 0.2) is 54.6 Å². The maximum absolute atomic E-state index is 12.2. The van der Waals surface area contributed by atoms with Crippen molar-refractivity contribution in [2.45, 2.75) is 13.0 Å². The van der Waals surface area contributed by atoms with Crippen LogP contribution in [0.25, 0.3) is 5.57 Å². The molecule has 0 fully saturated rings. The maximum Gasteiger partial charge on any atom is 0.410 e. The van der Waals surface area contributed by atoms with Crippen molar-refractivity contribution in [3.8, 4) is 5.75 Å². The number of benzene rings is 2. The van der Waals surface area contributed by atoms with Gasteiger partial charge in [0, 0.05) is 13.1 Å². The van der Waals surface area contributed by atoms with Crippen molar-refractivity contribution < 1.29 is 24.5 Å². The molecule has 134 valence electrons. The number of hydrogen-bond donors (Lipinski definition) is 2. The van der Waals surface area contributed by atoms with Crippen LogP contribution in [0.3, 0.4) is 0 Å². The molecule has 6 heteroatoms. The van der Waals surface area contributed by atoms with E-state index in [1.807, 2.05) is 36.4 Å². The van der Waals surface area contributed by atoms with Gasteiger partial charge in [0.1, 0.15) is 17.9 Å². The van der Waals surface area contributed by atoms with Gasteiger partial charge < -0.3 is 19.8 Å². The van der Waals surface area contributed by atoms with Crippen molar-refractivity contribution in [2.75, 3.05) is 13.1 Å². The summed E-state index contributed by atoms with van der Waals surface area (Å²) >= 11 is 0. The molecular weight excluding hydrogens is 334 g/mol. The van der Waals surface area contributed by atoms with E-state index in [-0.39, 0.29) is 24.0 Å². The van der Waals surface area contributed by atoms with Crippen LogP contribution in [0.4, 0.5) is 4.79 Å². The standard InChI is InChI=1S/C20H19NO5/c22-18-12-16(6-7-17(18)19(23)24)15-8-10-21(11-9-15)20(25)26-13-14-4-2-1-3-5-14/h1-8,12,22H,9-11,13H2,(H,23,24). The van der Waals surface area contributed by atoms with E-state index in [1.54, 1.807) is 11.0 Å². The van der Waals surface area contributed by atoms with Crippen LogP contribution in [0.1, 0.15) is 27.9 Å². The number of carbonyl (C=O) groups is 2. The van der Waals surface area contributed by atoms with E-state index in [9.17, 15) is 14.7 Å². The molecule has 0 atom stereocenters. The van der Waals surface area contributed by atoms with Crippen molar-refractivity contribution in [1.82, 2.24) is 4.90 Å². The lowest BCUT2D eigenvalue weighted by Gasteiger charge is -2.26. The minimum absolute atomic E-state index is 0.128. The Morgan fingerprint density at radius 2 is 1.88 bits per heavy atom. The monoisotopic (exact) mass is 353 g/mol. The number of carboxylic acid groups (broad SMARTS) is 1. The molecule has 1 amide bonds. The average Bonchev–Trinajstić information content (AvgIpc) is 2.66. The summed E-state index contributed by atoms with van der Waals surface area (Å²) in [6.45, 7) is 1.14. The number of rotatable bonds is 4. The molecule has 0 saturated carbocycles. The number of carbonyl (C=O) groups excluding carboxylic acids is 1. The maximum atomic E-state index is 12.2. The summed E-state index contributed by atoms with van der Waals surface area (Å²) in [6.07, 6.45) is 2.13. The lowest BCUT2D eigenvalue weighted by Crippen LogP contribution is -2.35. The third kappa shape index (κ3) is 4.03. The van der Waals surface area contributed by atoms with Crippen LogP contribution >= 0.6 is 0 Å². The van der Waals surface area contributed by atoms with Crippen LogP contribution < -0.4 is 0 Å². The summed E-state index contributed by atoms with van der Waals surface area (Å²) in [6, 6.07) is 14.0. The predicted molar refractivity (Wildman–Crippen MR) is 95.9 cm³/mol. The number of nitrogens with zero attached hydrogens (tertiary/aromatic N) is 1. The molecule has 1 aliphatic rings. The molecule has 0 spiro atoms. The number of aromatic hydroxyl groups is 1. The van der Waals surface area contributed by atoms with E-state index in [2.05, 4.69) is 0 Å². The topological polar surface area (TPSA) is 87.1 Å². The van der Waals surface area contributed by atoms with Gasteiger partial charge >= 0.3 is 12.1 Å². The Kier molecular flexibility index (Phi) is 5.22. The highest BCUT2D eigenvalue weighted by Crippen LogP contribution is 2.27. The zero-order valence-electron chi connectivity index (χ0n) is 14.1. The summed E-state index contributed by atoms with van der Waals surface area (Å²) in [7, 11) is 0. The third-order valence-electron chi connectivity index (χ3n) is 4.27. The number of ether oxygens (including phenoxy) is 1. The molecule has 2 aromatic rings. The highest BCUT2D eigenvalue weighted by molar-refractivity contribution is 5.91. The van der Waals surface area contributed by atoms with E-state index in [0.717, 1.165) is 16.7 Å². The Hall–Kier alpha value is -3.28. The van der Waals surface area contributed by atoms with E-state index in [4.69, 9.17) is 9.84 Å². The minimum atomic E-state index is -1.17. The summed E-state index contributed by atoms with van der Waals surface area (Å²) in [4.78, 5) is 24.7. The summed E-state index contributed by atoms with van der Waals surface area (Å²) in [5, 5.41) is 18.8. The third-order valence-corrected chi connectivity index (χ3v) is 4.27. The fourth-order valence-electron chi connectivity index (χ4n) is 2.82. The molecule has 1 heterocycles. The van der Waals surface area contributed by atoms with Gasteiger partial charge in [0.05, 0.1) is 0 Å². The first-order chi connectivity index (χ1) is 12.5. The quantitative estimate of drug-likeness (QED) is 0.878. The molecule has 0 radical (unpaired) electrons. The first-order valence-corrected chi connectivity index (χ1v) is 8.26. The second-order valence-electron chi connectivity index (χ2n) is 6.00. The zero-order valence-corrected chi connectivity index (χ0v) is 14.1. The van der Waals surface area contributed by atoms with Gasteiger partial charge in [0.15, 0.2) is 0 Å². The van der Waals surface area contributed by atoms with Crippen LogP contribution in [-0.4, -0.2) is 40.3 Å². The molecule has 0 unspecified atom stereocenters. The normalized spacial score (nSPS) is 13.8. The van der Waals surface area contributed by atoms with E-state index in [1.165, 1.54) is 12.1 Å². The van der Waals surface area contributed by atoms with Crippen molar-refractivity contribution in [3.63, 3.8) is 0 Å². The van der Waals surface area contributed by atoms with Crippen LogP contribution in [0.2, 0.25) is 0 Å². The second kappa shape index (κ2) is 7.74. The lowest BCUT2D eigenvalue weighted by atomic mass is 9.98. The Bertz CT molecular complexity index is 845. The molecule has 26 heavy (non-hydrogen) atoms. The fourth-order valence-corrected chi connectivity index (χ4v) is 2.82. The Balaban J connectivity index is 1.60. The molecule has 0 saturated heterocycles. The van der Waals surface area contributed by atoms with Gasteiger partial charge in [0.25, 0.3) is 0 Å². The SMILES string of the molecule is O=C(O)c1ccc(C2=CCN(C(=O)OCc3ccccc3)CC2)cc1O. The van der Waals surface area contributed by atoms with Crippen molar-refractivity contribution in [1.29, 1.82) is 0 Å². The Labute approximate surface area is 150 Å². The van der Waals surface area contributed by atoms with E-state index < -0.39 is 5.97 Å². The average molecular weight is 353 g/mol. The number of amides is 1. The van der Waals surface area contributed by atoms with Crippen molar-refractivity contribution >= 4 is 17.6 Å². The minimum Gasteiger partial charge on any atom is -0.507 e. The molecule has 1 aliphatic heterocycles. The smallest absolute Gasteiger partial charge is 0.410 e. The van der Waals surface area contributed by atoms with Gasteiger partial charge in [0.2, 0.25) is 0 Å². The molecular formula is C20H19NO5. The van der Waals surface area contributed by atoms with Gasteiger partial charge in [-0.3, -0.25) is 0 Å². The zero-order chi connectivity index (χ0) is 18.5. The summed E-state index contributed by atoms with van der Waals surface area (Å²) in [5.41, 5.74) is 2.52. The van der Waals surface area contributed by atoms with Gasteiger partial charge in [-0.1, -0.05) is 42.5 Å². The molecule has 0 aliphatic carbocycles. The summed E-state index contributed by atoms with van der Waals surface area (Å²) < 4.78 is 5.32. The van der Waals surface area contributed by atoms with Gasteiger partial charge in [-0.15, -0.1) is 0 Å². The number of aromatic carboxylic acids is 1. The van der Waals surface area contributed by atoms with E-state index >= 15 is 0 Å². The molecule has 6 nitrogen and oxygen atoms in total. The van der Waals surface area contributed by atoms with Gasteiger partial charge in [-0.2, -0.15) is 0 Å².